The number of benzene rings is 2. The molecule has 0 saturated carbocycles. The van der Waals surface area contributed by atoms with E-state index in [0.29, 0.717) is 22.7 Å². The third kappa shape index (κ3) is 4.56. The standard InChI is InChI=1S/C20H13Cl2N3O2/c1-12-10-15(27-14-4-2-13(11-23)3-5-14)6-8-17(12)24-20(26)19-16(21)7-9-18(22)25-19/h2-10H,1H3,(H,24,26). The number of amides is 1. The van der Waals surface area contributed by atoms with E-state index in [9.17, 15) is 4.79 Å². The van der Waals surface area contributed by atoms with Crippen LogP contribution in [0, 0.1) is 18.3 Å². The van der Waals surface area contributed by atoms with E-state index in [2.05, 4.69) is 16.4 Å². The molecule has 3 aromatic rings. The van der Waals surface area contributed by atoms with Crippen molar-refractivity contribution in [1.82, 2.24) is 4.98 Å². The molecular formula is C20H13Cl2N3O2. The lowest BCUT2D eigenvalue weighted by Crippen LogP contribution is -2.15. The van der Waals surface area contributed by atoms with Gasteiger partial charge in [-0.25, -0.2) is 4.98 Å². The van der Waals surface area contributed by atoms with Gasteiger partial charge in [-0.3, -0.25) is 4.79 Å². The molecule has 1 aromatic heterocycles. The number of rotatable bonds is 4. The van der Waals surface area contributed by atoms with E-state index in [-0.39, 0.29) is 15.9 Å². The van der Waals surface area contributed by atoms with Crippen molar-refractivity contribution in [2.24, 2.45) is 0 Å². The summed E-state index contributed by atoms with van der Waals surface area (Å²) in [5, 5.41) is 12.0. The lowest BCUT2D eigenvalue weighted by Gasteiger charge is -2.11. The number of halogens is 2. The van der Waals surface area contributed by atoms with Crippen molar-refractivity contribution in [3.8, 4) is 17.6 Å². The van der Waals surface area contributed by atoms with Crippen LogP contribution in [0.4, 0.5) is 5.69 Å². The number of aromatic nitrogens is 1. The van der Waals surface area contributed by atoms with E-state index < -0.39 is 5.91 Å². The van der Waals surface area contributed by atoms with Gasteiger partial charge in [-0.05, 0) is 67.1 Å². The number of aryl methyl sites for hydroxylation is 1. The molecule has 0 aliphatic heterocycles. The number of anilines is 1. The molecule has 1 heterocycles. The summed E-state index contributed by atoms with van der Waals surface area (Å²) in [7, 11) is 0. The van der Waals surface area contributed by atoms with Crippen molar-refractivity contribution < 1.29 is 9.53 Å². The molecule has 134 valence electrons. The van der Waals surface area contributed by atoms with Crippen LogP contribution in [-0.4, -0.2) is 10.9 Å². The van der Waals surface area contributed by atoms with Gasteiger partial charge < -0.3 is 10.1 Å². The number of hydrogen-bond donors (Lipinski definition) is 1. The van der Waals surface area contributed by atoms with E-state index >= 15 is 0 Å². The third-order valence-corrected chi connectivity index (χ3v) is 4.21. The first-order valence-electron chi connectivity index (χ1n) is 7.88. The molecule has 0 aliphatic rings. The molecule has 7 heteroatoms. The van der Waals surface area contributed by atoms with Crippen LogP contribution in [0.1, 0.15) is 21.6 Å². The molecule has 0 spiro atoms. The zero-order valence-corrected chi connectivity index (χ0v) is 15.7. The molecule has 0 unspecified atom stereocenters. The third-order valence-electron chi connectivity index (χ3n) is 3.69. The van der Waals surface area contributed by atoms with Gasteiger partial charge in [0.1, 0.15) is 22.3 Å². The highest BCUT2D eigenvalue weighted by molar-refractivity contribution is 6.35. The van der Waals surface area contributed by atoms with Crippen molar-refractivity contribution in [3.63, 3.8) is 0 Å². The second kappa shape index (κ2) is 8.09. The molecule has 5 nitrogen and oxygen atoms in total. The number of hydrogen-bond acceptors (Lipinski definition) is 4. The molecular weight excluding hydrogens is 385 g/mol. The Morgan fingerprint density at radius 1 is 1.07 bits per heavy atom. The Morgan fingerprint density at radius 2 is 1.78 bits per heavy atom. The van der Waals surface area contributed by atoms with Crippen molar-refractivity contribution in [2.45, 2.75) is 6.92 Å². The molecule has 0 saturated heterocycles. The Balaban J connectivity index is 1.75. The topological polar surface area (TPSA) is 75.0 Å². The van der Waals surface area contributed by atoms with Crippen LogP contribution >= 0.6 is 23.2 Å². The van der Waals surface area contributed by atoms with E-state index in [1.165, 1.54) is 12.1 Å². The largest absolute Gasteiger partial charge is 0.457 e. The predicted octanol–water partition coefficient (Wildman–Crippen LogP) is 5.61. The summed E-state index contributed by atoms with van der Waals surface area (Å²) in [6.45, 7) is 1.84. The fourth-order valence-electron chi connectivity index (χ4n) is 2.33. The number of ether oxygens (including phenoxy) is 1. The molecule has 3 rings (SSSR count). The van der Waals surface area contributed by atoms with E-state index in [4.69, 9.17) is 33.2 Å². The summed E-state index contributed by atoms with van der Waals surface area (Å²) >= 11 is 11.8. The van der Waals surface area contributed by atoms with Crippen LogP contribution in [0.25, 0.3) is 0 Å². The number of nitrogens with zero attached hydrogens (tertiary/aromatic N) is 2. The van der Waals surface area contributed by atoms with Gasteiger partial charge in [-0.15, -0.1) is 0 Å². The number of nitriles is 1. The fourth-order valence-corrected chi connectivity index (χ4v) is 2.67. The zero-order valence-electron chi connectivity index (χ0n) is 14.2. The van der Waals surface area contributed by atoms with Crippen LogP contribution in [-0.2, 0) is 0 Å². The normalized spacial score (nSPS) is 10.1. The summed E-state index contributed by atoms with van der Waals surface area (Å²) in [6, 6.07) is 17.1. The van der Waals surface area contributed by atoms with Crippen LogP contribution in [0.3, 0.4) is 0 Å². The van der Waals surface area contributed by atoms with Gasteiger partial charge in [0.2, 0.25) is 0 Å². The monoisotopic (exact) mass is 397 g/mol. The van der Waals surface area contributed by atoms with E-state index in [0.717, 1.165) is 5.56 Å². The van der Waals surface area contributed by atoms with Gasteiger partial charge in [0, 0.05) is 5.69 Å². The van der Waals surface area contributed by atoms with Crippen LogP contribution in [0.2, 0.25) is 10.2 Å². The van der Waals surface area contributed by atoms with Gasteiger partial charge in [-0.1, -0.05) is 23.2 Å². The van der Waals surface area contributed by atoms with Crippen molar-refractivity contribution in [1.29, 1.82) is 5.26 Å². The second-order valence-electron chi connectivity index (χ2n) is 5.63. The Kier molecular flexibility index (Phi) is 5.60. The minimum atomic E-state index is -0.452. The van der Waals surface area contributed by atoms with E-state index in [1.807, 2.05) is 6.92 Å². The number of carbonyl (C=O) groups is 1. The summed E-state index contributed by atoms with van der Waals surface area (Å²) in [6.07, 6.45) is 0. The molecule has 2 aromatic carbocycles. The number of carbonyl (C=O) groups excluding carboxylic acids is 1. The molecule has 0 aliphatic carbocycles. The summed E-state index contributed by atoms with van der Waals surface area (Å²) < 4.78 is 5.77. The van der Waals surface area contributed by atoms with Gasteiger partial charge in [0.15, 0.2) is 0 Å². The first-order valence-corrected chi connectivity index (χ1v) is 8.64. The highest BCUT2D eigenvalue weighted by Crippen LogP contribution is 2.27. The average molecular weight is 398 g/mol. The molecule has 27 heavy (non-hydrogen) atoms. The van der Waals surface area contributed by atoms with E-state index in [1.54, 1.807) is 42.5 Å². The Morgan fingerprint density at radius 3 is 2.44 bits per heavy atom. The highest BCUT2D eigenvalue weighted by atomic mass is 35.5. The lowest BCUT2D eigenvalue weighted by molar-refractivity contribution is 0.102. The van der Waals surface area contributed by atoms with Gasteiger partial charge >= 0.3 is 0 Å². The maximum Gasteiger partial charge on any atom is 0.275 e. The highest BCUT2D eigenvalue weighted by Gasteiger charge is 2.14. The summed E-state index contributed by atoms with van der Waals surface area (Å²) in [4.78, 5) is 16.4. The minimum Gasteiger partial charge on any atom is -0.457 e. The first-order chi connectivity index (χ1) is 13.0. The molecule has 0 fully saturated rings. The van der Waals surface area contributed by atoms with Crippen LogP contribution < -0.4 is 10.1 Å². The summed E-state index contributed by atoms with van der Waals surface area (Å²) in [5.74, 6) is 0.764. The van der Waals surface area contributed by atoms with Gasteiger partial charge in [-0.2, -0.15) is 5.26 Å². The Labute approximate surface area is 166 Å². The van der Waals surface area contributed by atoms with Gasteiger partial charge in [0.05, 0.1) is 16.7 Å². The summed E-state index contributed by atoms with van der Waals surface area (Å²) in [5.41, 5.74) is 2.02. The number of nitrogens with one attached hydrogen (secondary N) is 1. The molecule has 0 atom stereocenters. The quantitative estimate of drug-likeness (QED) is 0.580. The average Bonchev–Trinajstić information content (AvgIpc) is 2.66. The zero-order chi connectivity index (χ0) is 19.4. The van der Waals surface area contributed by atoms with Crippen molar-refractivity contribution in [3.05, 3.63) is 81.6 Å². The molecule has 0 bridgehead atoms. The maximum atomic E-state index is 12.4. The second-order valence-corrected chi connectivity index (χ2v) is 6.43. The van der Waals surface area contributed by atoms with Crippen molar-refractivity contribution in [2.75, 3.05) is 5.32 Å². The van der Waals surface area contributed by atoms with Crippen molar-refractivity contribution >= 4 is 34.8 Å². The fraction of sp³-hybridized carbons (Fsp3) is 0.0500. The Hall–Kier alpha value is -3.07. The Bertz CT molecular complexity index is 1040. The molecule has 1 amide bonds. The van der Waals surface area contributed by atoms with Gasteiger partial charge in [0.25, 0.3) is 5.91 Å². The SMILES string of the molecule is Cc1cc(Oc2ccc(C#N)cc2)ccc1NC(=O)c1nc(Cl)ccc1Cl. The van der Waals surface area contributed by atoms with Crippen LogP contribution in [0.5, 0.6) is 11.5 Å². The van der Waals surface area contributed by atoms with Crippen LogP contribution in [0.15, 0.2) is 54.6 Å². The lowest BCUT2D eigenvalue weighted by atomic mass is 10.2. The smallest absolute Gasteiger partial charge is 0.275 e. The molecule has 1 N–H and O–H groups in total. The predicted molar refractivity (Wildman–Crippen MR) is 105 cm³/mol. The molecule has 0 radical (unpaired) electrons. The first kappa shape index (κ1) is 18.7. The maximum absolute atomic E-state index is 12.4. The minimum absolute atomic E-state index is 0.0569. The number of pyridine rings is 1.